The lowest BCUT2D eigenvalue weighted by Gasteiger charge is -2.15. The Hall–Kier alpha value is -2.65. The monoisotopic (exact) mass is 319 g/mol. The van der Waals surface area contributed by atoms with Crippen molar-refractivity contribution in [3.8, 4) is 5.75 Å². The van der Waals surface area contributed by atoms with Crippen LogP contribution in [-0.2, 0) is 0 Å². The highest BCUT2D eigenvalue weighted by molar-refractivity contribution is 6.20. The molecule has 2 N–H and O–H groups in total. The predicted octanol–water partition coefficient (Wildman–Crippen LogP) is 4.15. The largest absolute Gasteiger partial charge is 0.507 e. The van der Waals surface area contributed by atoms with Gasteiger partial charge in [-0.15, -0.1) is 0 Å². The summed E-state index contributed by atoms with van der Waals surface area (Å²) < 4.78 is 0. The minimum Gasteiger partial charge on any atom is -0.507 e. The number of rotatable bonds is 5. The SMILES string of the molecule is CC[C@@H](CO)N=C(c1ccccc1O)c1cccc2ccccc12. The quantitative estimate of drug-likeness (QED) is 0.694. The summed E-state index contributed by atoms with van der Waals surface area (Å²) in [6.45, 7) is 1.98. The lowest BCUT2D eigenvalue weighted by Crippen LogP contribution is -2.14. The fraction of sp³-hybridized carbons (Fsp3) is 0.190. The zero-order valence-electron chi connectivity index (χ0n) is 13.7. The predicted molar refractivity (Wildman–Crippen MR) is 98.9 cm³/mol. The molecule has 0 heterocycles. The first-order valence-corrected chi connectivity index (χ1v) is 8.19. The Labute approximate surface area is 141 Å². The van der Waals surface area contributed by atoms with Crippen LogP contribution in [0.2, 0.25) is 0 Å². The van der Waals surface area contributed by atoms with Gasteiger partial charge in [-0.3, -0.25) is 4.99 Å². The van der Waals surface area contributed by atoms with Crippen LogP contribution in [-0.4, -0.2) is 28.6 Å². The van der Waals surface area contributed by atoms with Crippen LogP contribution in [0.25, 0.3) is 10.8 Å². The number of aliphatic imine (C=N–C) groups is 1. The minimum absolute atomic E-state index is 0.0155. The summed E-state index contributed by atoms with van der Waals surface area (Å²) in [5.41, 5.74) is 2.35. The van der Waals surface area contributed by atoms with Crippen molar-refractivity contribution in [2.75, 3.05) is 6.61 Å². The molecule has 0 bridgehead atoms. The molecule has 3 heteroatoms. The highest BCUT2D eigenvalue weighted by Gasteiger charge is 2.15. The number of aliphatic hydroxyl groups excluding tert-OH is 1. The summed E-state index contributed by atoms with van der Waals surface area (Å²) in [6, 6.07) is 21.2. The van der Waals surface area contributed by atoms with E-state index in [4.69, 9.17) is 4.99 Å². The van der Waals surface area contributed by atoms with E-state index in [2.05, 4.69) is 18.2 Å². The summed E-state index contributed by atoms with van der Waals surface area (Å²) in [4.78, 5) is 4.77. The molecule has 0 fully saturated rings. The summed E-state index contributed by atoms with van der Waals surface area (Å²) in [6.07, 6.45) is 0.734. The van der Waals surface area contributed by atoms with Gasteiger partial charge in [0.1, 0.15) is 5.75 Å². The van der Waals surface area contributed by atoms with E-state index < -0.39 is 0 Å². The molecule has 3 aromatic rings. The molecule has 0 aromatic heterocycles. The molecule has 0 amide bonds. The maximum atomic E-state index is 10.3. The summed E-state index contributed by atoms with van der Waals surface area (Å²) >= 11 is 0. The average Bonchev–Trinajstić information content (AvgIpc) is 2.63. The smallest absolute Gasteiger partial charge is 0.124 e. The number of aromatic hydroxyl groups is 1. The Morgan fingerprint density at radius 2 is 1.58 bits per heavy atom. The summed E-state index contributed by atoms with van der Waals surface area (Å²) in [5, 5.41) is 22.1. The van der Waals surface area contributed by atoms with Crippen LogP contribution in [0.15, 0.2) is 71.7 Å². The molecule has 0 aliphatic heterocycles. The Kier molecular flexibility index (Phi) is 4.92. The zero-order valence-corrected chi connectivity index (χ0v) is 13.7. The molecule has 0 aliphatic rings. The Bertz CT molecular complexity index is 861. The van der Waals surface area contributed by atoms with Crippen LogP contribution in [0.1, 0.15) is 24.5 Å². The van der Waals surface area contributed by atoms with E-state index >= 15 is 0 Å². The molecule has 3 rings (SSSR count). The van der Waals surface area contributed by atoms with Gasteiger partial charge in [0.15, 0.2) is 0 Å². The van der Waals surface area contributed by atoms with E-state index in [1.165, 1.54) is 0 Å². The number of nitrogens with zero attached hydrogens (tertiary/aromatic N) is 1. The first-order chi connectivity index (χ1) is 11.7. The van der Waals surface area contributed by atoms with Crippen molar-refractivity contribution in [1.29, 1.82) is 0 Å². The Balaban J connectivity index is 2.27. The molecular formula is C21H21NO2. The van der Waals surface area contributed by atoms with Gasteiger partial charge in [-0.25, -0.2) is 0 Å². The molecule has 0 saturated heterocycles. The van der Waals surface area contributed by atoms with Crippen molar-refractivity contribution in [3.63, 3.8) is 0 Å². The zero-order chi connectivity index (χ0) is 16.9. The van der Waals surface area contributed by atoms with Gasteiger partial charge in [-0.05, 0) is 29.3 Å². The maximum Gasteiger partial charge on any atom is 0.124 e. The first-order valence-electron chi connectivity index (χ1n) is 8.19. The number of phenolic OH excluding ortho intramolecular Hbond substituents is 1. The van der Waals surface area contributed by atoms with Crippen LogP contribution in [0, 0.1) is 0 Å². The second-order valence-electron chi connectivity index (χ2n) is 5.77. The molecular weight excluding hydrogens is 298 g/mol. The van der Waals surface area contributed by atoms with Crippen molar-refractivity contribution >= 4 is 16.5 Å². The third-order valence-corrected chi connectivity index (χ3v) is 4.20. The van der Waals surface area contributed by atoms with Crippen LogP contribution < -0.4 is 0 Å². The molecule has 24 heavy (non-hydrogen) atoms. The minimum atomic E-state index is -0.196. The van der Waals surface area contributed by atoms with Gasteiger partial charge < -0.3 is 10.2 Å². The van der Waals surface area contributed by atoms with Gasteiger partial charge in [-0.1, -0.05) is 61.5 Å². The van der Waals surface area contributed by atoms with Crippen LogP contribution in [0.4, 0.5) is 0 Å². The normalized spacial score (nSPS) is 13.2. The molecule has 0 radical (unpaired) electrons. The molecule has 0 unspecified atom stereocenters. The third-order valence-electron chi connectivity index (χ3n) is 4.20. The Morgan fingerprint density at radius 3 is 2.33 bits per heavy atom. The number of hydrogen-bond acceptors (Lipinski definition) is 3. The van der Waals surface area contributed by atoms with E-state index in [0.29, 0.717) is 11.3 Å². The van der Waals surface area contributed by atoms with E-state index in [1.54, 1.807) is 12.1 Å². The second kappa shape index (κ2) is 7.28. The van der Waals surface area contributed by atoms with Gasteiger partial charge in [-0.2, -0.15) is 0 Å². The lowest BCUT2D eigenvalue weighted by atomic mass is 9.95. The molecule has 0 saturated carbocycles. The van der Waals surface area contributed by atoms with E-state index in [0.717, 1.165) is 22.8 Å². The fourth-order valence-corrected chi connectivity index (χ4v) is 2.83. The standard InChI is InChI=1S/C21H21NO2/c1-2-16(14-23)22-21(19-11-5-6-13-20(19)24)18-12-7-9-15-8-3-4-10-17(15)18/h3-13,16,23-24H,2,14H2,1H3/t16-/m0/s1. The van der Waals surface area contributed by atoms with E-state index in [-0.39, 0.29) is 18.4 Å². The van der Waals surface area contributed by atoms with E-state index in [1.807, 2.05) is 43.3 Å². The number of fused-ring (bicyclic) bond motifs is 1. The Morgan fingerprint density at radius 1 is 0.917 bits per heavy atom. The van der Waals surface area contributed by atoms with Crippen molar-refractivity contribution in [3.05, 3.63) is 77.9 Å². The summed E-state index contributed by atoms with van der Waals surface area (Å²) in [5.74, 6) is 0.192. The molecule has 1 atom stereocenters. The molecule has 0 aliphatic carbocycles. The fourth-order valence-electron chi connectivity index (χ4n) is 2.83. The maximum absolute atomic E-state index is 10.3. The van der Waals surface area contributed by atoms with Gasteiger partial charge in [0, 0.05) is 11.1 Å². The number of benzene rings is 3. The number of hydrogen-bond donors (Lipinski definition) is 2. The average molecular weight is 319 g/mol. The van der Waals surface area contributed by atoms with Crippen LogP contribution in [0.3, 0.4) is 0 Å². The van der Waals surface area contributed by atoms with Gasteiger partial charge >= 0.3 is 0 Å². The van der Waals surface area contributed by atoms with Crippen LogP contribution >= 0.6 is 0 Å². The molecule has 3 nitrogen and oxygen atoms in total. The number of aliphatic hydroxyl groups is 1. The lowest BCUT2D eigenvalue weighted by molar-refractivity contribution is 0.264. The molecule has 3 aromatic carbocycles. The van der Waals surface area contributed by atoms with Crippen molar-refractivity contribution in [1.82, 2.24) is 0 Å². The number of phenols is 1. The van der Waals surface area contributed by atoms with Gasteiger partial charge in [0.25, 0.3) is 0 Å². The van der Waals surface area contributed by atoms with Gasteiger partial charge in [0.2, 0.25) is 0 Å². The summed E-state index contributed by atoms with van der Waals surface area (Å²) in [7, 11) is 0. The van der Waals surface area contributed by atoms with E-state index in [9.17, 15) is 10.2 Å². The van der Waals surface area contributed by atoms with Crippen molar-refractivity contribution < 1.29 is 10.2 Å². The van der Waals surface area contributed by atoms with Gasteiger partial charge in [0.05, 0.1) is 18.4 Å². The second-order valence-corrected chi connectivity index (χ2v) is 5.77. The number of para-hydroxylation sites is 1. The molecule has 0 spiro atoms. The topological polar surface area (TPSA) is 52.8 Å². The van der Waals surface area contributed by atoms with Crippen LogP contribution in [0.5, 0.6) is 5.75 Å². The molecule has 122 valence electrons. The van der Waals surface area contributed by atoms with Crippen molar-refractivity contribution in [2.45, 2.75) is 19.4 Å². The van der Waals surface area contributed by atoms with Crippen molar-refractivity contribution in [2.24, 2.45) is 4.99 Å². The first kappa shape index (κ1) is 16.2. The third kappa shape index (κ3) is 3.17. The highest BCUT2D eigenvalue weighted by atomic mass is 16.3. The highest BCUT2D eigenvalue weighted by Crippen LogP contribution is 2.26.